The Morgan fingerprint density at radius 1 is 1.15 bits per heavy atom. The summed E-state index contributed by atoms with van der Waals surface area (Å²) in [4.78, 5) is 2.21. The monoisotopic (exact) mass is 352 g/mol. The molecule has 0 unspecified atom stereocenters. The number of anilines is 1. The third kappa shape index (κ3) is 3.75. The second-order valence-corrected chi connectivity index (χ2v) is 6.05. The van der Waals surface area contributed by atoms with Crippen molar-refractivity contribution in [3.63, 3.8) is 0 Å². The van der Waals surface area contributed by atoms with Gasteiger partial charge in [-0.15, -0.1) is 0 Å². The first-order chi connectivity index (χ1) is 9.61. The Balaban J connectivity index is 2.26. The molecule has 2 nitrogen and oxygen atoms in total. The third-order valence-corrected chi connectivity index (χ3v) is 4.25. The fraction of sp³-hybridized carbons (Fsp3) is 0.250. The molecular formula is C16H18BrClN2. The SMILES string of the molecule is CN(Cc1ccccc1Br)c1cc(Cl)ccc1CCN. The summed E-state index contributed by atoms with van der Waals surface area (Å²) in [6.45, 7) is 1.46. The molecule has 0 saturated carbocycles. The molecule has 2 aromatic carbocycles. The van der Waals surface area contributed by atoms with Crippen LogP contribution >= 0.6 is 27.5 Å². The lowest BCUT2D eigenvalue weighted by molar-refractivity contribution is 0.890. The van der Waals surface area contributed by atoms with Crippen LogP contribution in [0.4, 0.5) is 5.69 Å². The van der Waals surface area contributed by atoms with Crippen molar-refractivity contribution in [2.75, 3.05) is 18.5 Å². The molecule has 4 heteroatoms. The first kappa shape index (κ1) is 15.4. The molecule has 0 amide bonds. The first-order valence-electron chi connectivity index (χ1n) is 6.55. The zero-order chi connectivity index (χ0) is 14.5. The van der Waals surface area contributed by atoms with Gasteiger partial charge in [0.15, 0.2) is 0 Å². The predicted molar refractivity (Wildman–Crippen MR) is 90.5 cm³/mol. The number of benzene rings is 2. The maximum Gasteiger partial charge on any atom is 0.0437 e. The number of nitrogens with two attached hydrogens (primary N) is 1. The zero-order valence-electron chi connectivity index (χ0n) is 11.4. The van der Waals surface area contributed by atoms with Gasteiger partial charge in [-0.05, 0) is 42.3 Å². The Bertz CT molecular complexity index is 586. The minimum Gasteiger partial charge on any atom is -0.370 e. The van der Waals surface area contributed by atoms with Crippen LogP contribution in [0.1, 0.15) is 11.1 Å². The Morgan fingerprint density at radius 3 is 2.60 bits per heavy atom. The summed E-state index contributed by atoms with van der Waals surface area (Å²) in [6, 6.07) is 14.2. The molecule has 0 spiro atoms. The fourth-order valence-corrected chi connectivity index (χ4v) is 2.80. The molecule has 0 aliphatic carbocycles. The van der Waals surface area contributed by atoms with Gasteiger partial charge in [0.25, 0.3) is 0 Å². The quantitative estimate of drug-likeness (QED) is 0.871. The predicted octanol–water partition coefficient (Wildman–Crippen LogP) is 4.24. The molecule has 0 fully saturated rings. The summed E-state index contributed by atoms with van der Waals surface area (Å²) in [5, 5.41) is 0.750. The van der Waals surface area contributed by atoms with Crippen LogP contribution in [0.3, 0.4) is 0 Å². The van der Waals surface area contributed by atoms with Gasteiger partial charge in [0.1, 0.15) is 0 Å². The normalized spacial score (nSPS) is 10.6. The van der Waals surface area contributed by atoms with Gasteiger partial charge in [-0.1, -0.05) is 51.8 Å². The van der Waals surface area contributed by atoms with E-state index in [-0.39, 0.29) is 0 Å². The molecule has 0 saturated heterocycles. The molecule has 2 rings (SSSR count). The standard InChI is InChI=1S/C16H18BrClN2/c1-20(11-13-4-2-3-5-15(13)17)16-10-14(18)7-6-12(16)8-9-19/h2-7,10H,8-9,11,19H2,1H3. The van der Waals surface area contributed by atoms with Gasteiger partial charge in [-0.3, -0.25) is 0 Å². The molecule has 106 valence electrons. The van der Waals surface area contributed by atoms with Gasteiger partial charge in [0.2, 0.25) is 0 Å². The lowest BCUT2D eigenvalue weighted by Crippen LogP contribution is -2.19. The van der Waals surface area contributed by atoms with E-state index in [1.54, 1.807) is 0 Å². The molecule has 20 heavy (non-hydrogen) atoms. The van der Waals surface area contributed by atoms with Crippen molar-refractivity contribution in [1.29, 1.82) is 0 Å². The highest BCUT2D eigenvalue weighted by Crippen LogP contribution is 2.27. The summed E-state index contributed by atoms with van der Waals surface area (Å²) in [7, 11) is 2.07. The van der Waals surface area contributed by atoms with Crippen LogP contribution in [-0.2, 0) is 13.0 Å². The van der Waals surface area contributed by atoms with E-state index >= 15 is 0 Å². The van der Waals surface area contributed by atoms with Gasteiger partial charge in [-0.2, -0.15) is 0 Å². The smallest absolute Gasteiger partial charge is 0.0437 e. The number of halogens is 2. The van der Waals surface area contributed by atoms with E-state index in [1.807, 2.05) is 24.3 Å². The molecule has 0 atom stereocenters. The second-order valence-electron chi connectivity index (χ2n) is 4.76. The lowest BCUT2D eigenvalue weighted by atomic mass is 10.1. The average molecular weight is 354 g/mol. The van der Waals surface area contributed by atoms with Crippen molar-refractivity contribution in [3.05, 3.63) is 63.1 Å². The molecular weight excluding hydrogens is 336 g/mol. The van der Waals surface area contributed by atoms with Crippen molar-refractivity contribution in [2.45, 2.75) is 13.0 Å². The maximum absolute atomic E-state index is 6.13. The zero-order valence-corrected chi connectivity index (χ0v) is 13.8. The molecule has 0 bridgehead atoms. The molecule has 0 aliphatic rings. The Kier molecular flexibility index (Phi) is 5.46. The van der Waals surface area contributed by atoms with Crippen LogP contribution in [0, 0.1) is 0 Å². The van der Waals surface area contributed by atoms with Crippen molar-refractivity contribution in [2.24, 2.45) is 5.73 Å². The van der Waals surface area contributed by atoms with E-state index in [1.165, 1.54) is 11.1 Å². The molecule has 2 N–H and O–H groups in total. The number of hydrogen-bond acceptors (Lipinski definition) is 2. The fourth-order valence-electron chi connectivity index (χ4n) is 2.23. The third-order valence-electron chi connectivity index (χ3n) is 3.24. The molecule has 0 radical (unpaired) electrons. The van der Waals surface area contributed by atoms with Gasteiger partial charge in [-0.25, -0.2) is 0 Å². The van der Waals surface area contributed by atoms with Crippen molar-refractivity contribution in [3.8, 4) is 0 Å². The second kappa shape index (κ2) is 7.11. The number of hydrogen-bond donors (Lipinski definition) is 1. The van der Waals surface area contributed by atoms with Gasteiger partial charge >= 0.3 is 0 Å². The van der Waals surface area contributed by atoms with Gasteiger partial charge < -0.3 is 10.6 Å². The minimum atomic E-state index is 0.636. The van der Waals surface area contributed by atoms with Gasteiger partial charge in [0, 0.05) is 28.8 Å². The average Bonchev–Trinajstić information content (AvgIpc) is 2.43. The highest BCUT2D eigenvalue weighted by Gasteiger charge is 2.10. The highest BCUT2D eigenvalue weighted by atomic mass is 79.9. The van der Waals surface area contributed by atoms with Crippen molar-refractivity contribution < 1.29 is 0 Å². The van der Waals surface area contributed by atoms with E-state index < -0.39 is 0 Å². The summed E-state index contributed by atoms with van der Waals surface area (Å²) in [6.07, 6.45) is 0.854. The number of rotatable bonds is 5. The van der Waals surface area contributed by atoms with E-state index in [0.717, 1.165) is 28.1 Å². The summed E-state index contributed by atoms with van der Waals surface area (Å²) >= 11 is 9.72. The maximum atomic E-state index is 6.13. The van der Waals surface area contributed by atoms with Crippen LogP contribution in [-0.4, -0.2) is 13.6 Å². The van der Waals surface area contributed by atoms with Crippen LogP contribution < -0.4 is 10.6 Å². The molecule has 0 aromatic heterocycles. The lowest BCUT2D eigenvalue weighted by Gasteiger charge is -2.23. The number of nitrogens with zero attached hydrogens (tertiary/aromatic N) is 1. The summed E-state index contributed by atoms with van der Waals surface area (Å²) in [5.41, 5.74) is 9.30. The topological polar surface area (TPSA) is 29.3 Å². The highest BCUT2D eigenvalue weighted by molar-refractivity contribution is 9.10. The van der Waals surface area contributed by atoms with Crippen LogP contribution in [0.25, 0.3) is 0 Å². The largest absolute Gasteiger partial charge is 0.370 e. The van der Waals surface area contributed by atoms with E-state index in [0.29, 0.717) is 6.54 Å². The molecule has 2 aromatic rings. The minimum absolute atomic E-state index is 0.636. The molecule has 0 aliphatic heterocycles. The summed E-state index contributed by atoms with van der Waals surface area (Å²) < 4.78 is 1.12. The van der Waals surface area contributed by atoms with E-state index in [9.17, 15) is 0 Å². The molecule has 0 heterocycles. The van der Waals surface area contributed by atoms with E-state index in [4.69, 9.17) is 17.3 Å². The van der Waals surface area contributed by atoms with Crippen LogP contribution in [0.5, 0.6) is 0 Å². The van der Waals surface area contributed by atoms with Crippen molar-refractivity contribution >= 4 is 33.2 Å². The Morgan fingerprint density at radius 2 is 1.90 bits per heavy atom. The van der Waals surface area contributed by atoms with Crippen LogP contribution in [0.2, 0.25) is 5.02 Å². The Hall–Kier alpha value is -1.03. The Labute approximate surface area is 133 Å². The van der Waals surface area contributed by atoms with E-state index in [2.05, 4.69) is 46.1 Å². The summed E-state index contributed by atoms with van der Waals surface area (Å²) in [5.74, 6) is 0. The first-order valence-corrected chi connectivity index (χ1v) is 7.72. The van der Waals surface area contributed by atoms with Gasteiger partial charge in [0.05, 0.1) is 0 Å². The van der Waals surface area contributed by atoms with Crippen LogP contribution in [0.15, 0.2) is 46.9 Å². The van der Waals surface area contributed by atoms with Crippen molar-refractivity contribution in [1.82, 2.24) is 0 Å².